The van der Waals surface area contributed by atoms with Crippen LogP contribution in [0.3, 0.4) is 0 Å². The second kappa shape index (κ2) is 6.49. The molecule has 0 unspecified atom stereocenters. The maximum atomic E-state index is 12.0. The van der Waals surface area contributed by atoms with Crippen LogP contribution in [0.5, 0.6) is 0 Å². The van der Waals surface area contributed by atoms with Gasteiger partial charge >= 0.3 is 11.5 Å². The summed E-state index contributed by atoms with van der Waals surface area (Å²) in [5.41, 5.74) is -5.89. The zero-order valence-corrected chi connectivity index (χ0v) is 11.1. The zero-order valence-electron chi connectivity index (χ0n) is 10.3. The van der Waals surface area contributed by atoms with E-state index in [4.69, 9.17) is 0 Å². The van der Waals surface area contributed by atoms with Crippen molar-refractivity contribution >= 4 is 23.6 Å². The van der Waals surface area contributed by atoms with Gasteiger partial charge in [0.2, 0.25) is 5.91 Å². The second-order valence-electron chi connectivity index (χ2n) is 4.58. The van der Waals surface area contributed by atoms with E-state index in [0.717, 1.165) is 12.8 Å². The predicted octanol–water partition coefficient (Wildman–Crippen LogP) is 2.53. The quantitative estimate of drug-likeness (QED) is 0.783. The van der Waals surface area contributed by atoms with Crippen LogP contribution >= 0.6 is 11.8 Å². The van der Waals surface area contributed by atoms with Crippen molar-refractivity contribution < 1.29 is 27.9 Å². The molecule has 0 radical (unpaired) electrons. The Morgan fingerprint density at radius 3 is 2.11 bits per heavy atom. The highest BCUT2D eigenvalue weighted by atomic mass is 32.2. The number of halogens is 3. The number of carbonyl (C=O) groups excluding carboxylic acids is 1. The Kier molecular flexibility index (Phi) is 5.51. The molecule has 4 nitrogen and oxygen atoms in total. The van der Waals surface area contributed by atoms with Crippen LogP contribution in [0.2, 0.25) is 0 Å². The first-order valence-electron chi connectivity index (χ1n) is 6.00. The van der Waals surface area contributed by atoms with E-state index in [-0.39, 0.29) is 12.8 Å². The summed E-state index contributed by atoms with van der Waals surface area (Å²) in [5.74, 6) is -2.86. The highest BCUT2D eigenvalue weighted by Gasteiger charge is 2.40. The molecule has 0 bridgehead atoms. The number of nitrogens with one attached hydrogen (secondary N) is 1. The van der Waals surface area contributed by atoms with Crippen LogP contribution in [0, 0.1) is 0 Å². The molecule has 1 aliphatic rings. The van der Waals surface area contributed by atoms with Gasteiger partial charge in [-0.1, -0.05) is 25.7 Å². The van der Waals surface area contributed by atoms with Crippen molar-refractivity contribution in [2.24, 2.45) is 0 Å². The molecular weight excluding hydrogens is 283 g/mol. The van der Waals surface area contributed by atoms with Crippen LogP contribution in [0.15, 0.2) is 0 Å². The minimum Gasteiger partial charge on any atom is -0.480 e. The smallest absolute Gasteiger partial charge is 0.442 e. The molecule has 0 heterocycles. The van der Waals surface area contributed by atoms with E-state index in [1.165, 1.54) is 0 Å². The van der Waals surface area contributed by atoms with Crippen LogP contribution < -0.4 is 5.32 Å². The summed E-state index contributed by atoms with van der Waals surface area (Å²) >= 11 is -0.459. The van der Waals surface area contributed by atoms with E-state index in [9.17, 15) is 27.9 Å². The van der Waals surface area contributed by atoms with Crippen molar-refractivity contribution in [2.45, 2.75) is 49.6 Å². The summed E-state index contributed by atoms with van der Waals surface area (Å²) < 4.78 is 35.9. The molecule has 0 aliphatic heterocycles. The van der Waals surface area contributed by atoms with E-state index in [2.05, 4.69) is 5.32 Å². The van der Waals surface area contributed by atoms with Gasteiger partial charge in [0.1, 0.15) is 5.54 Å². The van der Waals surface area contributed by atoms with Crippen LogP contribution in [0.4, 0.5) is 13.2 Å². The molecule has 1 fully saturated rings. The van der Waals surface area contributed by atoms with Gasteiger partial charge in [-0.15, -0.1) is 0 Å². The van der Waals surface area contributed by atoms with E-state index in [0.29, 0.717) is 12.8 Å². The predicted molar refractivity (Wildman–Crippen MR) is 64.7 cm³/mol. The fourth-order valence-electron chi connectivity index (χ4n) is 2.17. The van der Waals surface area contributed by atoms with Crippen molar-refractivity contribution in [1.82, 2.24) is 5.32 Å². The topological polar surface area (TPSA) is 66.4 Å². The van der Waals surface area contributed by atoms with Crippen molar-refractivity contribution in [2.75, 3.05) is 5.75 Å². The Morgan fingerprint density at radius 1 is 1.16 bits per heavy atom. The first kappa shape index (κ1) is 16.1. The lowest BCUT2D eigenvalue weighted by Gasteiger charge is -2.29. The summed E-state index contributed by atoms with van der Waals surface area (Å²) in [6, 6.07) is 0. The van der Waals surface area contributed by atoms with Gasteiger partial charge in [-0.2, -0.15) is 13.2 Å². The molecule has 1 aliphatic carbocycles. The minimum atomic E-state index is -4.49. The van der Waals surface area contributed by atoms with Gasteiger partial charge in [0.05, 0.1) is 5.75 Å². The third kappa shape index (κ3) is 5.30. The molecule has 1 amide bonds. The van der Waals surface area contributed by atoms with Crippen LogP contribution in [-0.4, -0.2) is 33.8 Å². The number of rotatable bonds is 4. The largest absolute Gasteiger partial charge is 0.480 e. The molecule has 0 aromatic heterocycles. The van der Waals surface area contributed by atoms with Gasteiger partial charge in [0.15, 0.2) is 0 Å². The number of thioether (sulfide) groups is 1. The number of carboxylic acid groups (broad SMARTS) is 1. The summed E-state index contributed by atoms with van der Waals surface area (Å²) in [7, 11) is 0. The molecule has 110 valence electrons. The second-order valence-corrected chi connectivity index (χ2v) is 5.62. The third-order valence-corrected chi connectivity index (χ3v) is 3.85. The maximum absolute atomic E-state index is 12.0. The number of alkyl halides is 3. The van der Waals surface area contributed by atoms with Crippen molar-refractivity contribution in [3.8, 4) is 0 Å². The van der Waals surface area contributed by atoms with E-state index in [1.54, 1.807) is 0 Å². The fourth-order valence-corrected chi connectivity index (χ4v) is 2.54. The fraction of sp³-hybridized carbons (Fsp3) is 0.818. The molecule has 1 saturated carbocycles. The molecule has 0 saturated heterocycles. The van der Waals surface area contributed by atoms with E-state index < -0.39 is 40.4 Å². The SMILES string of the molecule is O=C(CSC(F)(F)F)NC1(C(=O)O)CCCCCC1. The van der Waals surface area contributed by atoms with Crippen LogP contribution in [0.1, 0.15) is 38.5 Å². The van der Waals surface area contributed by atoms with Crippen molar-refractivity contribution in [1.29, 1.82) is 0 Å². The highest BCUT2D eigenvalue weighted by molar-refractivity contribution is 8.00. The molecule has 1 rings (SSSR count). The number of aliphatic carboxylic acids is 1. The summed E-state index contributed by atoms with van der Waals surface area (Å²) in [6.45, 7) is 0. The van der Waals surface area contributed by atoms with Crippen LogP contribution in [0.25, 0.3) is 0 Å². The number of hydrogen-bond donors (Lipinski definition) is 2. The molecule has 0 aromatic rings. The molecule has 2 N–H and O–H groups in total. The molecule has 0 spiro atoms. The lowest BCUT2D eigenvalue weighted by Crippen LogP contribution is -2.54. The first-order valence-corrected chi connectivity index (χ1v) is 6.99. The lowest BCUT2D eigenvalue weighted by molar-refractivity contribution is -0.148. The monoisotopic (exact) mass is 299 g/mol. The van der Waals surface area contributed by atoms with E-state index in [1.807, 2.05) is 0 Å². The Balaban J connectivity index is 2.62. The van der Waals surface area contributed by atoms with Gasteiger partial charge in [-0.3, -0.25) is 4.79 Å². The minimum absolute atomic E-state index is 0.269. The molecular formula is C11H16F3NO3S. The Morgan fingerprint density at radius 2 is 1.68 bits per heavy atom. The Hall–Kier alpha value is -0.920. The maximum Gasteiger partial charge on any atom is 0.442 e. The summed E-state index contributed by atoms with van der Waals surface area (Å²) in [5, 5.41) is 11.5. The number of hydrogen-bond acceptors (Lipinski definition) is 3. The zero-order chi connectivity index (χ0) is 14.5. The Labute approximate surface area is 113 Å². The number of carbonyl (C=O) groups is 2. The Bertz CT molecular complexity index is 339. The summed E-state index contributed by atoms with van der Waals surface area (Å²) in [4.78, 5) is 22.8. The average Bonchev–Trinajstić information content (AvgIpc) is 2.52. The average molecular weight is 299 g/mol. The van der Waals surface area contributed by atoms with E-state index >= 15 is 0 Å². The number of amides is 1. The van der Waals surface area contributed by atoms with Crippen molar-refractivity contribution in [3.63, 3.8) is 0 Å². The van der Waals surface area contributed by atoms with Gasteiger partial charge in [0, 0.05) is 0 Å². The molecule has 0 atom stereocenters. The molecule has 19 heavy (non-hydrogen) atoms. The molecule has 0 aromatic carbocycles. The normalized spacial score (nSPS) is 19.5. The van der Waals surface area contributed by atoms with Crippen molar-refractivity contribution in [3.05, 3.63) is 0 Å². The van der Waals surface area contributed by atoms with Gasteiger partial charge < -0.3 is 10.4 Å². The standard InChI is InChI=1S/C11H16F3NO3S/c12-11(13,14)19-7-8(16)15-10(9(17)18)5-3-1-2-4-6-10/h1-7H2,(H,15,16)(H,17,18). The lowest BCUT2D eigenvalue weighted by atomic mass is 9.90. The third-order valence-electron chi connectivity index (χ3n) is 3.11. The number of carboxylic acids is 1. The van der Waals surface area contributed by atoms with Gasteiger partial charge in [0.25, 0.3) is 0 Å². The van der Waals surface area contributed by atoms with Gasteiger partial charge in [-0.25, -0.2) is 4.79 Å². The molecule has 8 heteroatoms. The van der Waals surface area contributed by atoms with Crippen LogP contribution in [-0.2, 0) is 9.59 Å². The highest BCUT2D eigenvalue weighted by Crippen LogP contribution is 2.31. The first-order chi connectivity index (χ1) is 8.75. The summed E-state index contributed by atoms with van der Waals surface area (Å²) in [6.07, 6.45) is 3.60. The van der Waals surface area contributed by atoms with Gasteiger partial charge in [-0.05, 0) is 24.6 Å².